The van der Waals surface area contributed by atoms with E-state index in [0.29, 0.717) is 0 Å². The number of nitrogens with zero attached hydrogens (tertiary/aromatic N) is 1. The van der Waals surface area contributed by atoms with Crippen LogP contribution in [0.3, 0.4) is 0 Å². The van der Waals surface area contributed by atoms with E-state index >= 15 is 0 Å². The molecule has 5 heteroatoms. The van der Waals surface area contributed by atoms with Crippen LogP contribution >= 0.6 is 0 Å². The molecule has 0 radical (unpaired) electrons. The van der Waals surface area contributed by atoms with Crippen molar-refractivity contribution in [2.24, 2.45) is 0 Å². The Labute approximate surface area is 80.8 Å². The highest BCUT2D eigenvalue weighted by atomic mass is 19.2. The van der Waals surface area contributed by atoms with Crippen molar-refractivity contribution in [2.45, 2.75) is 0 Å². The summed E-state index contributed by atoms with van der Waals surface area (Å²) < 4.78 is 26.1. The first kappa shape index (κ1) is 10.7. The number of halogens is 2. The van der Waals surface area contributed by atoms with E-state index in [1.54, 1.807) is 0 Å². The number of nitrogen functional groups attached to an aromatic ring is 1. The fourth-order valence-electron chi connectivity index (χ4n) is 1.20. The number of hydrogen-bond acceptors (Lipinski definition) is 3. The SMILES string of the molecule is CN(CCO)c1c(N)ccc(F)c1F. The summed E-state index contributed by atoms with van der Waals surface area (Å²) in [6.07, 6.45) is 0. The van der Waals surface area contributed by atoms with Gasteiger partial charge < -0.3 is 15.7 Å². The smallest absolute Gasteiger partial charge is 0.184 e. The summed E-state index contributed by atoms with van der Waals surface area (Å²) in [6, 6.07) is 2.27. The van der Waals surface area contributed by atoms with Crippen LogP contribution in [-0.2, 0) is 0 Å². The number of benzene rings is 1. The number of hydrogen-bond donors (Lipinski definition) is 2. The molecule has 0 spiro atoms. The van der Waals surface area contributed by atoms with Crippen LogP contribution in [0, 0.1) is 11.6 Å². The summed E-state index contributed by atoms with van der Waals surface area (Å²) in [5.41, 5.74) is 5.63. The number of likely N-dealkylation sites (N-methyl/N-ethyl adjacent to an activating group) is 1. The number of aliphatic hydroxyl groups is 1. The van der Waals surface area contributed by atoms with Crippen molar-refractivity contribution in [3.8, 4) is 0 Å². The Morgan fingerprint density at radius 1 is 1.43 bits per heavy atom. The predicted octanol–water partition coefficient (Wildman–Crippen LogP) is 0.975. The molecule has 0 fully saturated rings. The minimum absolute atomic E-state index is 0.0148. The normalized spacial score (nSPS) is 10.3. The van der Waals surface area contributed by atoms with Crippen molar-refractivity contribution < 1.29 is 13.9 Å². The summed E-state index contributed by atoms with van der Waals surface area (Å²) >= 11 is 0. The zero-order chi connectivity index (χ0) is 10.7. The van der Waals surface area contributed by atoms with Crippen LogP contribution in [0.2, 0.25) is 0 Å². The molecule has 3 nitrogen and oxygen atoms in total. The highest BCUT2D eigenvalue weighted by molar-refractivity contribution is 5.68. The minimum atomic E-state index is -0.985. The molecule has 78 valence electrons. The molecule has 0 saturated heterocycles. The molecular weight excluding hydrogens is 190 g/mol. The molecule has 1 rings (SSSR count). The third kappa shape index (κ3) is 1.93. The number of anilines is 2. The number of nitrogens with two attached hydrogens (primary N) is 1. The Kier molecular flexibility index (Phi) is 3.24. The van der Waals surface area contributed by atoms with Crippen molar-refractivity contribution in [3.63, 3.8) is 0 Å². The second kappa shape index (κ2) is 4.23. The summed E-state index contributed by atoms with van der Waals surface area (Å²) in [5, 5.41) is 8.65. The van der Waals surface area contributed by atoms with Crippen LogP contribution in [0.15, 0.2) is 12.1 Å². The zero-order valence-electron chi connectivity index (χ0n) is 7.80. The lowest BCUT2D eigenvalue weighted by Gasteiger charge is -2.20. The number of rotatable bonds is 3. The van der Waals surface area contributed by atoms with Crippen molar-refractivity contribution in [1.29, 1.82) is 0 Å². The van der Waals surface area contributed by atoms with Crippen LogP contribution in [0.25, 0.3) is 0 Å². The van der Waals surface area contributed by atoms with Crippen LogP contribution in [0.1, 0.15) is 0 Å². The van der Waals surface area contributed by atoms with Crippen LogP contribution in [0.4, 0.5) is 20.2 Å². The molecule has 1 aromatic carbocycles. The van der Waals surface area contributed by atoms with Gasteiger partial charge in [0.1, 0.15) is 0 Å². The monoisotopic (exact) mass is 202 g/mol. The summed E-state index contributed by atoms with van der Waals surface area (Å²) in [7, 11) is 1.53. The Morgan fingerprint density at radius 2 is 2.07 bits per heavy atom. The lowest BCUT2D eigenvalue weighted by Crippen LogP contribution is -2.23. The third-order valence-electron chi connectivity index (χ3n) is 1.92. The van der Waals surface area contributed by atoms with E-state index < -0.39 is 11.6 Å². The Morgan fingerprint density at radius 3 is 2.64 bits per heavy atom. The van der Waals surface area contributed by atoms with Gasteiger partial charge in [0.25, 0.3) is 0 Å². The van der Waals surface area contributed by atoms with E-state index in [9.17, 15) is 8.78 Å². The maximum Gasteiger partial charge on any atom is 0.184 e. The second-order valence-electron chi connectivity index (χ2n) is 2.94. The summed E-state index contributed by atoms with van der Waals surface area (Å²) in [4.78, 5) is 1.37. The molecule has 0 aromatic heterocycles. The van der Waals surface area contributed by atoms with E-state index in [0.717, 1.165) is 6.07 Å². The average Bonchev–Trinajstić information content (AvgIpc) is 2.13. The Balaban J connectivity index is 3.11. The lowest BCUT2D eigenvalue weighted by molar-refractivity contribution is 0.303. The Bertz CT molecular complexity index is 331. The molecule has 0 heterocycles. The molecule has 0 saturated carbocycles. The molecule has 0 aliphatic carbocycles. The predicted molar refractivity (Wildman–Crippen MR) is 51.1 cm³/mol. The minimum Gasteiger partial charge on any atom is -0.397 e. The molecular formula is C9H12F2N2O. The maximum absolute atomic E-state index is 13.3. The van der Waals surface area contributed by atoms with Gasteiger partial charge >= 0.3 is 0 Å². The molecule has 0 unspecified atom stereocenters. The number of aliphatic hydroxyl groups excluding tert-OH is 1. The second-order valence-corrected chi connectivity index (χ2v) is 2.94. The van der Waals surface area contributed by atoms with Gasteiger partial charge in [0.15, 0.2) is 11.6 Å². The van der Waals surface area contributed by atoms with Crippen molar-refractivity contribution >= 4 is 11.4 Å². The van der Waals surface area contributed by atoms with Crippen LogP contribution in [0.5, 0.6) is 0 Å². The van der Waals surface area contributed by atoms with Crippen LogP contribution in [-0.4, -0.2) is 25.3 Å². The quantitative estimate of drug-likeness (QED) is 0.718. The fraction of sp³-hybridized carbons (Fsp3) is 0.333. The summed E-state index contributed by atoms with van der Waals surface area (Å²) in [5.74, 6) is -1.93. The van der Waals surface area contributed by atoms with Gasteiger partial charge in [-0.05, 0) is 12.1 Å². The van der Waals surface area contributed by atoms with Gasteiger partial charge in [-0.2, -0.15) is 0 Å². The highest BCUT2D eigenvalue weighted by Gasteiger charge is 2.14. The first-order valence-electron chi connectivity index (χ1n) is 4.13. The van der Waals surface area contributed by atoms with Gasteiger partial charge in [-0.1, -0.05) is 0 Å². The zero-order valence-corrected chi connectivity index (χ0v) is 7.80. The largest absolute Gasteiger partial charge is 0.397 e. The van der Waals surface area contributed by atoms with Gasteiger partial charge in [-0.25, -0.2) is 8.78 Å². The summed E-state index contributed by atoms with van der Waals surface area (Å²) in [6.45, 7) is 0.0521. The molecule has 0 aliphatic rings. The first-order chi connectivity index (χ1) is 6.57. The van der Waals surface area contributed by atoms with Gasteiger partial charge in [0, 0.05) is 13.6 Å². The third-order valence-corrected chi connectivity index (χ3v) is 1.92. The highest BCUT2D eigenvalue weighted by Crippen LogP contribution is 2.27. The molecule has 0 bridgehead atoms. The molecule has 0 amide bonds. The van der Waals surface area contributed by atoms with Crippen molar-refractivity contribution in [1.82, 2.24) is 0 Å². The van der Waals surface area contributed by atoms with E-state index in [1.807, 2.05) is 0 Å². The van der Waals surface area contributed by atoms with E-state index in [4.69, 9.17) is 10.8 Å². The first-order valence-corrected chi connectivity index (χ1v) is 4.13. The lowest BCUT2D eigenvalue weighted by atomic mass is 10.2. The van der Waals surface area contributed by atoms with Crippen LogP contribution < -0.4 is 10.6 Å². The van der Waals surface area contributed by atoms with Gasteiger partial charge in [0.05, 0.1) is 18.0 Å². The average molecular weight is 202 g/mol. The molecule has 3 N–H and O–H groups in total. The molecule has 0 atom stereocenters. The van der Waals surface area contributed by atoms with Crippen molar-refractivity contribution in [3.05, 3.63) is 23.8 Å². The molecule has 0 aliphatic heterocycles. The van der Waals surface area contributed by atoms with Gasteiger partial charge in [-0.3, -0.25) is 0 Å². The van der Waals surface area contributed by atoms with Crippen molar-refractivity contribution in [2.75, 3.05) is 30.8 Å². The molecule has 14 heavy (non-hydrogen) atoms. The van der Waals surface area contributed by atoms with E-state index in [1.165, 1.54) is 18.0 Å². The molecule has 1 aromatic rings. The topological polar surface area (TPSA) is 49.5 Å². The van der Waals surface area contributed by atoms with E-state index in [-0.39, 0.29) is 24.5 Å². The maximum atomic E-state index is 13.3. The van der Waals surface area contributed by atoms with E-state index in [2.05, 4.69) is 0 Å². The standard InChI is InChI=1S/C9H12F2N2O/c1-13(4-5-14)9-7(12)3-2-6(10)8(9)11/h2-3,14H,4-5,12H2,1H3. The Hall–Kier alpha value is -1.36. The fourth-order valence-corrected chi connectivity index (χ4v) is 1.20. The van der Waals surface area contributed by atoms with Gasteiger partial charge in [0.2, 0.25) is 0 Å². The van der Waals surface area contributed by atoms with Gasteiger partial charge in [-0.15, -0.1) is 0 Å².